The van der Waals surface area contributed by atoms with Gasteiger partial charge in [0.1, 0.15) is 5.75 Å². The summed E-state index contributed by atoms with van der Waals surface area (Å²) in [6.45, 7) is 3.78. The van der Waals surface area contributed by atoms with Gasteiger partial charge in [-0.15, -0.1) is 0 Å². The van der Waals surface area contributed by atoms with E-state index in [0.717, 1.165) is 44.9 Å². The zero-order valence-corrected chi connectivity index (χ0v) is 15.5. The summed E-state index contributed by atoms with van der Waals surface area (Å²) >= 11 is 0. The van der Waals surface area contributed by atoms with E-state index in [9.17, 15) is 18.3 Å². The minimum absolute atomic E-state index is 0.0674. The number of phenols is 1. The maximum Gasteiger partial charge on any atom is 0.330 e. The van der Waals surface area contributed by atoms with Gasteiger partial charge < -0.3 is 9.84 Å². The summed E-state index contributed by atoms with van der Waals surface area (Å²) in [5, 5.41) is 9.20. The molecule has 1 aromatic rings. The molecule has 1 aromatic carbocycles. The number of aromatic hydroxyl groups is 1. The Hall–Kier alpha value is -1.82. The lowest BCUT2D eigenvalue weighted by Crippen LogP contribution is -2.06. The van der Waals surface area contributed by atoms with Crippen LogP contribution in [0.2, 0.25) is 0 Å². The van der Waals surface area contributed by atoms with Crippen LogP contribution in [0.3, 0.4) is 0 Å². The first-order valence-electron chi connectivity index (χ1n) is 8.76. The van der Waals surface area contributed by atoms with E-state index in [1.165, 1.54) is 30.3 Å². The van der Waals surface area contributed by atoms with E-state index in [0.29, 0.717) is 13.0 Å². The molecule has 1 rings (SSSR count). The first kappa shape index (κ1) is 21.2. The van der Waals surface area contributed by atoms with Gasteiger partial charge in [0.15, 0.2) is 9.84 Å². The van der Waals surface area contributed by atoms with Crippen molar-refractivity contribution in [1.82, 2.24) is 0 Å². The number of carbonyl (C=O) groups is 1. The van der Waals surface area contributed by atoms with Gasteiger partial charge in [-0.1, -0.05) is 45.1 Å². The molecular weight excluding hydrogens is 340 g/mol. The molecule has 0 heterocycles. The molecule has 0 bridgehead atoms. The molecule has 0 radical (unpaired) electrons. The molecule has 0 saturated carbocycles. The van der Waals surface area contributed by atoms with E-state index in [1.54, 1.807) is 0 Å². The van der Waals surface area contributed by atoms with Gasteiger partial charge in [-0.05, 0) is 37.1 Å². The zero-order valence-electron chi connectivity index (χ0n) is 14.7. The summed E-state index contributed by atoms with van der Waals surface area (Å²) in [7, 11) is -3.25. The quantitative estimate of drug-likeness (QED) is 0.323. The minimum atomic E-state index is -3.25. The van der Waals surface area contributed by atoms with Crippen molar-refractivity contribution in [3.05, 3.63) is 36.9 Å². The van der Waals surface area contributed by atoms with Crippen LogP contribution >= 0.6 is 0 Å². The SMILES string of the molecule is C=CC(=O)OCCCCCCCCCCS(=O)(=O)c1ccc(O)cc1. The summed E-state index contributed by atoms with van der Waals surface area (Å²) in [5.74, 6) is -0.160. The fraction of sp³-hybridized carbons (Fsp3) is 0.526. The van der Waals surface area contributed by atoms with E-state index in [2.05, 4.69) is 6.58 Å². The summed E-state index contributed by atoms with van der Waals surface area (Å²) in [4.78, 5) is 11.1. The fourth-order valence-electron chi connectivity index (χ4n) is 2.46. The standard InChI is InChI=1S/C19H28O5S/c1-2-19(21)24-15-9-7-5-3-4-6-8-10-16-25(22,23)18-13-11-17(20)12-14-18/h2,11-14,20H,1,3-10,15-16H2. The van der Waals surface area contributed by atoms with Crippen molar-refractivity contribution in [2.75, 3.05) is 12.4 Å². The maximum absolute atomic E-state index is 12.1. The van der Waals surface area contributed by atoms with E-state index in [1.807, 2.05) is 0 Å². The molecule has 1 N–H and O–H groups in total. The van der Waals surface area contributed by atoms with Crippen LogP contribution in [0.25, 0.3) is 0 Å². The molecule has 0 saturated heterocycles. The van der Waals surface area contributed by atoms with Crippen molar-refractivity contribution in [3.63, 3.8) is 0 Å². The normalized spacial score (nSPS) is 11.2. The summed E-state index contributed by atoms with van der Waals surface area (Å²) in [6.07, 6.45) is 8.93. The average molecular weight is 368 g/mol. The van der Waals surface area contributed by atoms with Gasteiger partial charge in [-0.2, -0.15) is 0 Å². The smallest absolute Gasteiger partial charge is 0.330 e. The van der Waals surface area contributed by atoms with Gasteiger partial charge in [0.05, 0.1) is 17.3 Å². The van der Waals surface area contributed by atoms with Gasteiger partial charge >= 0.3 is 5.97 Å². The van der Waals surface area contributed by atoms with Crippen LogP contribution in [-0.4, -0.2) is 31.9 Å². The van der Waals surface area contributed by atoms with Crippen LogP contribution in [0.5, 0.6) is 5.75 Å². The Bertz CT molecular complexity index is 620. The Morgan fingerprint density at radius 3 is 2.04 bits per heavy atom. The summed E-state index contributed by atoms with van der Waals surface area (Å²) in [5.41, 5.74) is 0. The monoisotopic (exact) mass is 368 g/mol. The zero-order chi connectivity index (χ0) is 18.5. The molecule has 0 spiro atoms. The molecule has 0 aliphatic rings. The highest BCUT2D eigenvalue weighted by Crippen LogP contribution is 2.17. The second-order valence-corrected chi connectivity index (χ2v) is 8.12. The molecule has 0 unspecified atom stereocenters. The third-order valence-corrected chi connectivity index (χ3v) is 5.73. The second kappa shape index (κ2) is 11.7. The Labute approximate surface area is 150 Å². The third kappa shape index (κ3) is 9.29. The number of ether oxygens (including phenoxy) is 1. The van der Waals surface area contributed by atoms with Gasteiger partial charge in [-0.3, -0.25) is 0 Å². The van der Waals surface area contributed by atoms with Crippen LogP contribution in [0.15, 0.2) is 41.8 Å². The number of unbranched alkanes of at least 4 members (excludes halogenated alkanes) is 7. The maximum atomic E-state index is 12.1. The molecular formula is C19H28O5S. The van der Waals surface area contributed by atoms with Crippen LogP contribution in [-0.2, 0) is 19.4 Å². The second-order valence-electron chi connectivity index (χ2n) is 6.01. The average Bonchev–Trinajstić information content (AvgIpc) is 2.59. The van der Waals surface area contributed by atoms with E-state index in [-0.39, 0.29) is 22.4 Å². The number of esters is 1. The Morgan fingerprint density at radius 2 is 1.48 bits per heavy atom. The Kier molecular flexibility index (Phi) is 9.92. The molecule has 6 heteroatoms. The minimum Gasteiger partial charge on any atom is -0.508 e. The van der Waals surface area contributed by atoms with Crippen LogP contribution in [0.1, 0.15) is 51.4 Å². The Morgan fingerprint density at radius 1 is 0.960 bits per heavy atom. The molecule has 0 atom stereocenters. The molecule has 0 aliphatic carbocycles. The number of rotatable bonds is 13. The van der Waals surface area contributed by atoms with E-state index in [4.69, 9.17) is 4.74 Å². The van der Waals surface area contributed by atoms with Crippen LogP contribution in [0, 0.1) is 0 Å². The lowest BCUT2D eigenvalue weighted by atomic mass is 10.1. The number of hydrogen-bond acceptors (Lipinski definition) is 5. The predicted octanol–water partition coefficient (Wildman–Crippen LogP) is 4.02. The number of carbonyl (C=O) groups excluding carboxylic acids is 1. The molecule has 0 aliphatic heterocycles. The molecule has 25 heavy (non-hydrogen) atoms. The van der Waals surface area contributed by atoms with Gasteiger partial charge in [0.25, 0.3) is 0 Å². The van der Waals surface area contributed by atoms with Gasteiger partial charge in [0.2, 0.25) is 0 Å². The van der Waals surface area contributed by atoms with Crippen molar-refractivity contribution in [1.29, 1.82) is 0 Å². The van der Waals surface area contributed by atoms with Crippen LogP contribution < -0.4 is 0 Å². The summed E-state index contributed by atoms with van der Waals surface area (Å²) in [6, 6.07) is 5.67. The van der Waals surface area contributed by atoms with E-state index >= 15 is 0 Å². The number of sulfone groups is 1. The van der Waals surface area contributed by atoms with Crippen molar-refractivity contribution < 1.29 is 23.1 Å². The lowest BCUT2D eigenvalue weighted by molar-refractivity contribution is -0.137. The molecule has 0 fully saturated rings. The van der Waals surface area contributed by atoms with Crippen molar-refractivity contribution in [2.45, 2.75) is 56.3 Å². The van der Waals surface area contributed by atoms with Gasteiger partial charge in [0, 0.05) is 6.08 Å². The molecule has 0 amide bonds. The van der Waals surface area contributed by atoms with Gasteiger partial charge in [-0.25, -0.2) is 13.2 Å². The highest BCUT2D eigenvalue weighted by molar-refractivity contribution is 7.91. The highest BCUT2D eigenvalue weighted by atomic mass is 32.2. The molecule has 0 aromatic heterocycles. The fourth-order valence-corrected chi connectivity index (χ4v) is 3.83. The van der Waals surface area contributed by atoms with Crippen molar-refractivity contribution in [3.8, 4) is 5.75 Å². The van der Waals surface area contributed by atoms with E-state index < -0.39 is 9.84 Å². The topological polar surface area (TPSA) is 80.7 Å². The largest absolute Gasteiger partial charge is 0.508 e. The number of hydrogen-bond donors (Lipinski definition) is 1. The van der Waals surface area contributed by atoms with Crippen molar-refractivity contribution >= 4 is 15.8 Å². The highest BCUT2D eigenvalue weighted by Gasteiger charge is 2.13. The number of benzene rings is 1. The summed E-state index contributed by atoms with van der Waals surface area (Å²) < 4.78 is 29.1. The Balaban J connectivity index is 2.02. The lowest BCUT2D eigenvalue weighted by Gasteiger charge is -2.05. The molecule has 140 valence electrons. The third-order valence-electron chi connectivity index (χ3n) is 3.91. The molecule has 5 nitrogen and oxygen atoms in total. The first-order chi connectivity index (χ1) is 12.0. The number of phenolic OH excluding ortho intramolecular Hbond substituents is 1. The van der Waals surface area contributed by atoms with Crippen LogP contribution in [0.4, 0.5) is 0 Å². The first-order valence-corrected chi connectivity index (χ1v) is 10.4. The predicted molar refractivity (Wildman–Crippen MR) is 98.3 cm³/mol. The van der Waals surface area contributed by atoms with Crippen molar-refractivity contribution in [2.24, 2.45) is 0 Å².